The van der Waals surface area contributed by atoms with E-state index in [0.717, 1.165) is 5.56 Å². The van der Waals surface area contributed by atoms with Gasteiger partial charge in [0.2, 0.25) is 0 Å². The minimum Gasteiger partial charge on any atom is -0.486 e. The molecule has 28 heavy (non-hydrogen) atoms. The highest BCUT2D eigenvalue weighted by molar-refractivity contribution is 5.94. The highest BCUT2D eigenvalue weighted by Crippen LogP contribution is 2.30. The van der Waals surface area contributed by atoms with Crippen molar-refractivity contribution < 1.29 is 18.7 Å². The number of pyridine rings is 1. The van der Waals surface area contributed by atoms with Crippen molar-refractivity contribution in [2.24, 2.45) is 0 Å². The summed E-state index contributed by atoms with van der Waals surface area (Å²) in [6.07, 6.45) is 0. The number of rotatable bonds is 4. The van der Waals surface area contributed by atoms with Crippen molar-refractivity contribution in [1.29, 1.82) is 0 Å². The molecule has 0 atom stereocenters. The largest absolute Gasteiger partial charge is 0.486 e. The van der Waals surface area contributed by atoms with Crippen LogP contribution in [0.5, 0.6) is 11.5 Å². The van der Waals surface area contributed by atoms with Crippen LogP contribution in [0.3, 0.4) is 0 Å². The van der Waals surface area contributed by atoms with Crippen molar-refractivity contribution in [3.63, 3.8) is 0 Å². The molecule has 7 heteroatoms. The number of hydrogen-bond acceptors (Lipinski definition) is 4. The molecular weight excluding hydrogens is 363 g/mol. The molecular formula is C21H17FN2O4. The number of fused-ring (bicyclic) bond motifs is 1. The molecule has 2 N–H and O–H groups in total. The van der Waals surface area contributed by atoms with Crippen LogP contribution in [0.25, 0.3) is 11.3 Å². The molecule has 6 nitrogen and oxygen atoms in total. The van der Waals surface area contributed by atoms with Crippen molar-refractivity contribution in [3.8, 4) is 22.8 Å². The van der Waals surface area contributed by atoms with E-state index in [1.165, 1.54) is 18.2 Å². The van der Waals surface area contributed by atoms with Crippen LogP contribution >= 0.6 is 0 Å². The Labute approximate surface area is 159 Å². The van der Waals surface area contributed by atoms with Gasteiger partial charge in [0.25, 0.3) is 11.5 Å². The first-order chi connectivity index (χ1) is 13.6. The van der Waals surface area contributed by atoms with Gasteiger partial charge in [-0.05, 0) is 59.7 Å². The number of H-pyrrole nitrogens is 1. The zero-order valence-corrected chi connectivity index (χ0v) is 14.8. The molecule has 1 aliphatic rings. The summed E-state index contributed by atoms with van der Waals surface area (Å²) >= 11 is 0. The third-order valence-corrected chi connectivity index (χ3v) is 4.37. The fourth-order valence-corrected chi connectivity index (χ4v) is 2.93. The van der Waals surface area contributed by atoms with E-state index >= 15 is 0 Å². The quantitative estimate of drug-likeness (QED) is 0.729. The summed E-state index contributed by atoms with van der Waals surface area (Å²) in [6, 6.07) is 14.2. The SMILES string of the molecule is O=C(NCc1ccc2c(c1)OCCO2)c1ccc(-c2ccc(F)cc2)[nH]c1=O. The van der Waals surface area contributed by atoms with Gasteiger partial charge in [-0.15, -0.1) is 0 Å². The van der Waals surface area contributed by atoms with E-state index in [1.807, 2.05) is 6.07 Å². The van der Waals surface area contributed by atoms with Gasteiger partial charge in [-0.25, -0.2) is 4.39 Å². The van der Waals surface area contributed by atoms with Crippen molar-refractivity contribution in [2.45, 2.75) is 6.54 Å². The second kappa shape index (κ2) is 7.56. The third kappa shape index (κ3) is 3.73. The zero-order chi connectivity index (χ0) is 19.5. The highest BCUT2D eigenvalue weighted by atomic mass is 19.1. The third-order valence-electron chi connectivity index (χ3n) is 4.37. The molecule has 0 saturated carbocycles. The first-order valence-corrected chi connectivity index (χ1v) is 8.76. The van der Waals surface area contributed by atoms with Crippen LogP contribution in [0.4, 0.5) is 4.39 Å². The van der Waals surface area contributed by atoms with Crippen LogP contribution in [0.15, 0.2) is 59.4 Å². The number of hydrogen-bond donors (Lipinski definition) is 2. The highest BCUT2D eigenvalue weighted by Gasteiger charge is 2.14. The summed E-state index contributed by atoms with van der Waals surface area (Å²) in [4.78, 5) is 27.3. The van der Waals surface area contributed by atoms with Crippen LogP contribution in [-0.2, 0) is 6.54 Å². The number of benzene rings is 2. The number of aromatic amines is 1. The van der Waals surface area contributed by atoms with Crippen molar-refractivity contribution >= 4 is 5.91 Å². The minimum absolute atomic E-state index is 0.00315. The molecule has 0 spiro atoms. The fourth-order valence-electron chi connectivity index (χ4n) is 2.93. The first kappa shape index (κ1) is 17.8. The normalized spacial score (nSPS) is 12.5. The van der Waals surface area contributed by atoms with E-state index in [0.29, 0.717) is 36.0 Å². The van der Waals surface area contributed by atoms with Crippen LogP contribution < -0.4 is 20.3 Å². The van der Waals surface area contributed by atoms with E-state index < -0.39 is 11.5 Å². The van der Waals surface area contributed by atoms with Gasteiger partial charge in [-0.2, -0.15) is 0 Å². The van der Waals surface area contributed by atoms with E-state index in [9.17, 15) is 14.0 Å². The van der Waals surface area contributed by atoms with Gasteiger partial charge in [-0.3, -0.25) is 9.59 Å². The number of ether oxygens (including phenoxy) is 2. The van der Waals surface area contributed by atoms with Crippen molar-refractivity contribution in [1.82, 2.24) is 10.3 Å². The number of carbonyl (C=O) groups is 1. The Balaban J connectivity index is 1.46. The minimum atomic E-state index is -0.513. The molecule has 0 radical (unpaired) electrons. The Morgan fingerprint density at radius 3 is 2.50 bits per heavy atom. The molecule has 0 bridgehead atoms. The number of aromatic nitrogens is 1. The monoisotopic (exact) mass is 380 g/mol. The maximum absolute atomic E-state index is 13.0. The molecule has 142 valence electrons. The Morgan fingerprint density at radius 1 is 1.00 bits per heavy atom. The van der Waals surface area contributed by atoms with Crippen LogP contribution in [0.1, 0.15) is 15.9 Å². The summed E-state index contributed by atoms with van der Waals surface area (Å²) in [5, 5.41) is 2.72. The van der Waals surface area contributed by atoms with Crippen LogP contribution in [0, 0.1) is 5.82 Å². The summed E-state index contributed by atoms with van der Waals surface area (Å²) in [6.45, 7) is 1.24. The van der Waals surface area contributed by atoms with E-state index in [-0.39, 0.29) is 17.9 Å². The number of halogens is 1. The second-order valence-corrected chi connectivity index (χ2v) is 6.28. The molecule has 1 aromatic heterocycles. The Bertz CT molecular complexity index is 1080. The first-order valence-electron chi connectivity index (χ1n) is 8.76. The molecule has 3 aromatic rings. The molecule has 0 fully saturated rings. The van der Waals surface area contributed by atoms with Crippen LogP contribution in [0.2, 0.25) is 0 Å². The van der Waals surface area contributed by atoms with Crippen molar-refractivity contribution in [2.75, 3.05) is 13.2 Å². The van der Waals surface area contributed by atoms with Gasteiger partial charge >= 0.3 is 0 Å². The van der Waals surface area contributed by atoms with Crippen LogP contribution in [-0.4, -0.2) is 24.1 Å². The van der Waals surface area contributed by atoms with Gasteiger partial charge in [0.1, 0.15) is 24.6 Å². The fraction of sp³-hybridized carbons (Fsp3) is 0.143. The predicted molar refractivity (Wildman–Crippen MR) is 101 cm³/mol. The Kier molecular flexibility index (Phi) is 4.80. The molecule has 0 unspecified atom stereocenters. The molecule has 4 rings (SSSR count). The molecule has 2 heterocycles. The predicted octanol–water partition coefficient (Wildman–Crippen LogP) is 2.88. The number of carbonyl (C=O) groups excluding carboxylic acids is 1. The zero-order valence-electron chi connectivity index (χ0n) is 14.8. The lowest BCUT2D eigenvalue weighted by atomic mass is 10.1. The molecule has 1 amide bonds. The summed E-state index contributed by atoms with van der Waals surface area (Å²) in [5.41, 5.74) is 1.48. The molecule has 1 aliphatic heterocycles. The van der Waals surface area contributed by atoms with Gasteiger partial charge in [0, 0.05) is 12.2 Å². The maximum atomic E-state index is 13.0. The Morgan fingerprint density at radius 2 is 1.75 bits per heavy atom. The van der Waals surface area contributed by atoms with E-state index in [4.69, 9.17) is 9.47 Å². The second-order valence-electron chi connectivity index (χ2n) is 6.28. The number of nitrogens with one attached hydrogen (secondary N) is 2. The molecule has 0 aliphatic carbocycles. The summed E-state index contributed by atoms with van der Waals surface area (Å²) < 4.78 is 24.0. The van der Waals surface area contributed by atoms with Gasteiger partial charge < -0.3 is 19.8 Å². The summed E-state index contributed by atoms with van der Waals surface area (Å²) in [5.74, 6) is 0.469. The maximum Gasteiger partial charge on any atom is 0.261 e. The van der Waals surface area contributed by atoms with Crippen molar-refractivity contribution in [3.05, 3.63) is 81.9 Å². The van der Waals surface area contributed by atoms with Gasteiger partial charge in [-0.1, -0.05) is 6.07 Å². The smallest absolute Gasteiger partial charge is 0.261 e. The van der Waals surface area contributed by atoms with E-state index in [2.05, 4.69) is 10.3 Å². The standard InChI is InChI=1S/C21H17FN2O4/c22-15-4-2-14(3-5-15)17-7-6-16(21(26)24-17)20(25)23-12-13-1-8-18-19(11-13)28-10-9-27-18/h1-8,11H,9-10,12H2,(H,23,25)(H,24,26). The summed E-state index contributed by atoms with van der Waals surface area (Å²) in [7, 11) is 0. The molecule has 0 saturated heterocycles. The van der Waals surface area contributed by atoms with E-state index in [1.54, 1.807) is 30.3 Å². The lowest BCUT2D eigenvalue weighted by molar-refractivity contribution is 0.0949. The average molecular weight is 380 g/mol. The van der Waals surface area contributed by atoms with Gasteiger partial charge in [0.05, 0.1) is 0 Å². The Hall–Kier alpha value is -3.61. The lowest BCUT2D eigenvalue weighted by Crippen LogP contribution is -2.29. The lowest BCUT2D eigenvalue weighted by Gasteiger charge is -2.18. The topological polar surface area (TPSA) is 80.4 Å². The van der Waals surface area contributed by atoms with Gasteiger partial charge in [0.15, 0.2) is 11.5 Å². The number of amides is 1. The molecule has 2 aromatic carbocycles. The average Bonchev–Trinajstić information content (AvgIpc) is 2.72.